The van der Waals surface area contributed by atoms with E-state index in [0.29, 0.717) is 11.5 Å². The molecule has 0 rings (SSSR count). The van der Waals surface area contributed by atoms with Gasteiger partial charge in [0.2, 0.25) is 19.5 Å². The third-order valence-corrected chi connectivity index (χ3v) is 5.38. The first-order chi connectivity index (χ1) is 13.1. The fourth-order valence-electron chi connectivity index (χ4n) is 1.64. The SMILES string of the molecule is CC(=O)N(O)CCCCP(=O)(OCOC(=O)C(C)(C)C)OCOC(=O)C(C)(C)C. The van der Waals surface area contributed by atoms with Gasteiger partial charge in [0.15, 0.2) is 0 Å². The van der Waals surface area contributed by atoms with Gasteiger partial charge in [-0.15, -0.1) is 0 Å². The molecule has 0 saturated carbocycles. The van der Waals surface area contributed by atoms with Crippen LogP contribution in [0.3, 0.4) is 0 Å². The molecule has 0 atom stereocenters. The summed E-state index contributed by atoms with van der Waals surface area (Å²) >= 11 is 0. The van der Waals surface area contributed by atoms with Crippen molar-refractivity contribution in [2.45, 2.75) is 61.3 Å². The number of rotatable bonds is 11. The average Bonchev–Trinajstić information content (AvgIpc) is 2.56. The van der Waals surface area contributed by atoms with E-state index in [2.05, 4.69) is 0 Å². The first-order valence-corrected chi connectivity index (χ1v) is 11.0. The number of esters is 2. The Morgan fingerprint density at radius 3 is 1.62 bits per heavy atom. The van der Waals surface area contributed by atoms with Crippen molar-refractivity contribution in [3.05, 3.63) is 0 Å². The van der Waals surface area contributed by atoms with Crippen LogP contribution in [0.1, 0.15) is 61.3 Å². The van der Waals surface area contributed by atoms with E-state index in [9.17, 15) is 24.2 Å². The highest BCUT2D eigenvalue weighted by Crippen LogP contribution is 2.49. The minimum absolute atomic E-state index is 0.0490. The van der Waals surface area contributed by atoms with Crippen LogP contribution in [0.5, 0.6) is 0 Å². The Balaban J connectivity index is 4.75. The second-order valence-corrected chi connectivity index (χ2v) is 10.7. The number of hydrogen-bond acceptors (Lipinski definition) is 9. The van der Waals surface area contributed by atoms with Crippen LogP contribution in [0.25, 0.3) is 0 Å². The molecule has 0 aromatic heterocycles. The highest BCUT2D eigenvalue weighted by molar-refractivity contribution is 7.53. The number of ether oxygens (including phenoxy) is 2. The minimum atomic E-state index is -3.76. The topological polar surface area (TPSA) is 129 Å². The molecule has 0 spiro atoms. The Morgan fingerprint density at radius 1 is 0.862 bits per heavy atom. The van der Waals surface area contributed by atoms with Gasteiger partial charge in [0.1, 0.15) is 0 Å². The van der Waals surface area contributed by atoms with Crippen molar-refractivity contribution in [2.24, 2.45) is 10.8 Å². The maximum Gasteiger partial charge on any atom is 0.336 e. The molecule has 170 valence electrons. The lowest BCUT2D eigenvalue weighted by Gasteiger charge is -2.22. The Kier molecular flexibility index (Phi) is 11.0. The van der Waals surface area contributed by atoms with Gasteiger partial charge in [-0.05, 0) is 54.4 Å². The Hall–Kier alpha value is -1.48. The summed E-state index contributed by atoms with van der Waals surface area (Å²) in [7, 11) is -3.76. The van der Waals surface area contributed by atoms with Crippen molar-refractivity contribution in [3.63, 3.8) is 0 Å². The molecule has 10 nitrogen and oxygen atoms in total. The van der Waals surface area contributed by atoms with Gasteiger partial charge < -0.3 is 9.47 Å². The van der Waals surface area contributed by atoms with Gasteiger partial charge >= 0.3 is 19.5 Å². The minimum Gasteiger partial charge on any atom is -0.438 e. The first-order valence-electron chi connectivity index (χ1n) is 9.28. The number of hydroxylamine groups is 2. The molecular weight excluding hydrogens is 405 g/mol. The number of unbranched alkanes of at least 4 members (excludes halogenated alkanes) is 1. The summed E-state index contributed by atoms with van der Waals surface area (Å²) in [5, 5.41) is 9.90. The molecule has 0 aliphatic heterocycles. The number of nitrogens with zero attached hydrogens (tertiary/aromatic N) is 1. The molecular formula is C18H34NO9P. The molecule has 0 aliphatic rings. The number of carbonyl (C=O) groups is 3. The lowest BCUT2D eigenvalue weighted by atomic mass is 9.98. The molecule has 0 unspecified atom stereocenters. The summed E-state index contributed by atoms with van der Waals surface area (Å²) in [5.41, 5.74) is -1.51. The zero-order chi connectivity index (χ0) is 22.9. The molecule has 0 aromatic carbocycles. The van der Waals surface area contributed by atoms with Crippen LogP contribution in [-0.4, -0.2) is 54.4 Å². The third-order valence-electron chi connectivity index (χ3n) is 3.52. The molecule has 0 bridgehead atoms. The van der Waals surface area contributed by atoms with Crippen molar-refractivity contribution in [1.29, 1.82) is 0 Å². The number of amides is 1. The largest absolute Gasteiger partial charge is 0.438 e. The van der Waals surface area contributed by atoms with E-state index in [1.54, 1.807) is 41.5 Å². The zero-order valence-corrected chi connectivity index (χ0v) is 19.2. The molecule has 0 aliphatic carbocycles. The summed E-state index contributed by atoms with van der Waals surface area (Å²) in [5.74, 6) is -1.59. The van der Waals surface area contributed by atoms with Gasteiger partial charge in [-0.2, -0.15) is 0 Å². The zero-order valence-electron chi connectivity index (χ0n) is 18.4. The Labute approximate surface area is 172 Å². The summed E-state index contributed by atoms with van der Waals surface area (Å²) < 4.78 is 33.1. The van der Waals surface area contributed by atoms with Crippen LogP contribution in [0.15, 0.2) is 0 Å². The standard InChI is InChI=1S/C18H34NO9P/c1-14(20)19(23)10-8-9-11-29(24,27-12-25-15(21)17(2,3)4)28-13-26-16(22)18(5,6)7/h23H,8-13H2,1-7H3. The third kappa shape index (κ3) is 12.0. The van der Waals surface area contributed by atoms with Crippen molar-refractivity contribution < 1.29 is 42.7 Å². The molecule has 0 radical (unpaired) electrons. The summed E-state index contributed by atoms with van der Waals surface area (Å²) in [6, 6.07) is 0. The molecule has 0 saturated heterocycles. The van der Waals surface area contributed by atoms with Crippen molar-refractivity contribution in [1.82, 2.24) is 5.06 Å². The summed E-state index contributed by atoms with van der Waals surface area (Å²) in [6.07, 6.45) is 0.525. The van der Waals surface area contributed by atoms with Crippen molar-refractivity contribution in [2.75, 3.05) is 26.3 Å². The maximum absolute atomic E-state index is 12.9. The second kappa shape index (κ2) is 11.6. The van der Waals surface area contributed by atoms with E-state index < -0.39 is 49.9 Å². The molecule has 1 N–H and O–H groups in total. The van der Waals surface area contributed by atoms with E-state index in [4.69, 9.17) is 18.5 Å². The van der Waals surface area contributed by atoms with E-state index in [1.807, 2.05) is 0 Å². The van der Waals surface area contributed by atoms with Gasteiger partial charge in [-0.25, -0.2) is 5.06 Å². The molecule has 0 aromatic rings. The van der Waals surface area contributed by atoms with E-state index in [0.717, 1.165) is 0 Å². The van der Waals surface area contributed by atoms with Crippen LogP contribution in [0, 0.1) is 10.8 Å². The number of carbonyl (C=O) groups excluding carboxylic acids is 3. The fraction of sp³-hybridized carbons (Fsp3) is 0.833. The lowest BCUT2D eigenvalue weighted by Crippen LogP contribution is -2.26. The molecule has 0 heterocycles. The fourth-order valence-corrected chi connectivity index (χ4v) is 3.01. The van der Waals surface area contributed by atoms with E-state index >= 15 is 0 Å². The van der Waals surface area contributed by atoms with Crippen molar-refractivity contribution in [3.8, 4) is 0 Å². The predicted octanol–water partition coefficient (Wildman–Crippen LogP) is 3.32. The Morgan fingerprint density at radius 2 is 1.28 bits per heavy atom. The van der Waals surface area contributed by atoms with Gasteiger partial charge in [0.05, 0.1) is 17.0 Å². The molecule has 11 heteroatoms. The average molecular weight is 439 g/mol. The van der Waals surface area contributed by atoms with Crippen LogP contribution in [0.2, 0.25) is 0 Å². The second-order valence-electron chi connectivity index (χ2n) is 8.54. The van der Waals surface area contributed by atoms with E-state index in [-0.39, 0.29) is 19.1 Å². The molecule has 0 fully saturated rings. The van der Waals surface area contributed by atoms with Gasteiger partial charge in [-0.3, -0.25) is 33.2 Å². The highest BCUT2D eigenvalue weighted by Gasteiger charge is 2.29. The predicted molar refractivity (Wildman–Crippen MR) is 104 cm³/mol. The van der Waals surface area contributed by atoms with Crippen LogP contribution in [-0.2, 0) is 37.5 Å². The van der Waals surface area contributed by atoms with Crippen LogP contribution >= 0.6 is 7.60 Å². The smallest absolute Gasteiger partial charge is 0.336 e. The van der Waals surface area contributed by atoms with Gasteiger partial charge in [0.25, 0.3) is 0 Å². The van der Waals surface area contributed by atoms with Gasteiger partial charge in [-0.1, -0.05) is 0 Å². The first kappa shape index (κ1) is 27.5. The molecule has 1 amide bonds. The normalized spacial score (nSPS) is 12.4. The maximum atomic E-state index is 12.9. The number of hydrogen-bond donors (Lipinski definition) is 1. The van der Waals surface area contributed by atoms with E-state index in [1.165, 1.54) is 6.92 Å². The van der Waals surface area contributed by atoms with Crippen LogP contribution < -0.4 is 0 Å². The van der Waals surface area contributed by atoms with Crippen molar-refractivity contribution >= 4 is 25.4 Å². The highest BCUT2D eigenvalue weighted by atomic mass is 31.2. The molecule has 29 heavy (non-hydrogen) atoms. The monoisotopic (exact) mass is 439 g/mol. The quantitative estimate of drug-likeness (QED) is 0.129. The van der Waals surface area contributed by atoms with Crippen LogP contribution in [0.4, 0.5) is 0 Å². The summed E-state index contributed by atoms with van der Waals surface area (Å²) in [4.78, 5) is 34.6. The lowest BCUT2D eigenvalue weighted by molar-refractivity contribution is -0.163. The summed E-state index contributed by atoms with van der Waals surface area (Å²) in [6.45, 7) is 10.1. The van der Waals surface area contributed by atoms with Gasteiger partial charge in [0, 0.05) is 13.5 Å². The Bertz CT molecular complexity index is 571.